The van der Waals surface area contributed by atoms with Gasteiger partial charge < -0.3 is 20.3 Å². The van der Waals surface area contributed by atoms with Gasteiger partial charge >= 0.3 is 11.9 Å². The highest BCUT2D eigenvalue weighted by Crippen LogP contribution is 2.10. The molecule has 6 nitrogen and oxygen atoms in total. The van der Waals surface area contributed by atoms with Crippen LogP contribution in [0.3, 0.4) is 0 Å². The highest BCUT2D eigenvalue weighted by molar-refractivity contribution is 5.89. The van der Waals surface area contributed by atoms with E-state index in [1.54, 1.807) is 0 Å². The summed E-state index contributed by atoms with van der Waals surface area (Å²) >= 11 is 0. The molecule has 1 rings (SSSR count). The van der Waals surface area contributed by atoms with Crippen LogP contribution in [-0.4, -0.2) is 36.8 Å². The van der Waals surface area contributed by atoms with Crippen molar-refractivity contribution in [1.29, 1.82) is 0 Å². The van der Waals surface area contributed by atoms with Crippen molar-refractivity contribution in [2.24, 2.45) is 11.7 Å². The van der Waals surface area contributed by atoms with Gasteiger partial charge in [-0.3, -0.25) is 4.79 Å². The number of phenolic OH excluding ortho intramolecular Hbond substituents is 1. The Morgan fingerprint density at radius 2 is 1.77 bits per heavy atom. The number of ether oxygens (including phenoxy) is 2. The first-order valence-corrected chi connectivity index (χ1v) is 7.13. The zero-order valence-electron chi connectivity index (χ0n) is 13.5. The van der Waals surface area contributed by atoms with Crippen molar-refractivity contribution in [3.63, 3.8) is 0 Å². The van der Waals surface area contributed by atoms with E-state index in [9.17, 15) is 9.59 Å². The molecule has 3 N–H and O–H groups in total. The second-order valence-corrected chi connectivity index (χ2v) is 4.98. The van der Waals surface area contributed by atoms with Crippen LogP contribution in [-0.2, 0) is 14.3 Å². The maximum atomic E-state index is 11.2. The minimum absolute atomic E-state index is 0.145. The second-order valence-electron chi connectivity index (χ2n) is 4.98. The van der Waals surface area contributed by atoms with Gasteiger partial charge in [-0.25, -0.2) is 4.79 Å². The first-order chi connectivity index (χ1) is 10.3. The summed E-state index contributed by atoms with van der Waals surface area (Å²) in [5.74, 6) is -0.392. The molecule has 6 heteroatoms. The smallest absolute Gasteiger partial charge is 0.338 e. The number of hydrogen-bond donors (Lipinski definition) is 2. The standard InChI is InChI=1S/C10H12O3.C6H13NO2/c1-2-7-13-10(12)8-3-5-9(11)6-4-8;1-4(2)5(7)6(8)9-3/h3-6,11H,2,7H2,1H3;4-5H,7H2,1-3H3. The SMILES string of the molecule is CCCOC(=O)c1ccc(O)cc1.COC(=O)C(N)C(C)C. The zero-order valence-corrected chi connectivity index (χ0v) is 13.5. The lowest BCUT2D eigenvalue weighted by molar-refractivity contribution is -0.143. The van der Waals surface area contributed by atoms with Gasteiger partial charge in [0.1, 0.15) is 11.8 Å². The van der Waals surface area contributed by atoms with Crippen molar-refractivity contribution < 1.29 is 24.2 Å². The predicted molar refractivity (Wildman–Crippen MR) is 83.5 cm³/mol. The molecule has 22 heavy (non-hydrogen) atoms. The summed E-state index contributed by atoms with van der Waals surface area (Å²) in [6, 6.07) is 5.51. The monoisotopic (exact) mass is 311 g/mol. The van der Waals surface area contributed by atoms with E-state index < -0.39 is 6.04 Å². The van der Waals surface area contributed by atoms with Gasteiger partial charge in [0.05, 0.1) is 19.3 Å². The van der Waals surface area contributed by atoms with E-state index in [0.717, 1.165) is 6.42 Å². The molecular formula is C16H25NO5. The summed E-state index contributed by atoms with van der Waals surface area (Å²) in [4.78, 5) is 21.8. The van der Waals surface area contributed by atoms with E-state index in [4.69, 9.17) is 15.6 Å². The van der Waals surface area contributed by atoms with Gasteiger partial charge in [0.25, 0.3) is 0 Å². The molecule has 0 aliphatic rings. The van der Waals surface area contributed by atoms with E-state index in [-0.39, 0.29) is 23.6 Å². The molecule has 0 saturated carbocycles. The fourth-order valence-corrected chi connectivity index (χ4v) is 1.28. The minimum Gasteiger partial charge on any atom is -0.508 e. The second kappa shape index (κ2) is 10.6. The van der Waals surface area contributed by atoms with Crippen LogP contribution in [0, 0.1) is 5.92 Å². The van der Waals surface area contributed by atoms with Gasteiger partial charge in [0, 0.05) is 0 Å². The Morgan fingerprint density at radius 3 is 2.14 bits per heavy atom. The van der Waals surface area contributed by atoms with Crippen molar-refractivity contribution in [2.45, 2.75) is 33.2 Å². The third-order valence-electron chi connectivity index (χ3n) is 2.73. The van der Waals surface area contributed by atoms with Crippen LogP contribution < -0.4 is 5.73 Å². The molecule has 0 bridgehead atoms. The summed E-state index contributed by atoms with van der Waals surface area (Å²) < 4.78 is 9.31. The molecular weight excluding hydrogens is 286 g/mol. The van der Waals surface area contributed by atoms with E-state index in [2.05, 4.69) is 4.74 Å². The van der Waals surface area contributed by atoms with E-state index >= 15 is 0 Å². The summed E-state index contributed by atoms with van der Waals surface area (Å²) in [5.41, 5.74) is 5.86. The Kier molecular flexibility index (Phi) is 9.61. The highest BCUT2D eigenvalue weighted by atomic mass is 16.5. The lowest BCUT2D eigenvalue weighted by atomic mass is 10.1. The molecule has 0 aromatic heterocycles. The fourth-order valence-electron chi connectivity index (χ4n) is 1.28. The Hall–Kier alpha value is -2.08. The average molecular weight is 311 g/mol. The molecule has 1 aromatic rings. The normalized spacial score (nSPS) is 11.2. The topological polar surface area (TPSA) is 98.9 Å². The molecule has 0 radical (unpaired) electrons. The average Bonchev–Trinajstić information content (AvgIpc) is 2.52. The summed E-state index contributed by atoms with van der Waals surface area (Å²) in [7, 11) is 1.34. The Labute approximate surface area is 131 Å². The molecule has 0 aliphatic heterocycles. The van der Waals surface area contributed by atoms with Crippen LogP contribution in [0.2, 0.25) is 0 Å². The minimum atomic E-state index is -0.477. The molecule has 124 valence electrons. The van der Waals surface area contributed by atoms with E-state index in [0.29, 0.717) is 12.2 Å². The molecule has 0 amide bonds. The highest BCUT2D eigenvalue weighted by Gasteiger charge is 2.16. The van der Waals surface area contributed by atoms with Gasteiger partial charge in [-0.1, -0.05) is 20.8 Å². The molecule has 1 unspecified atom stereocenters. The third-order valence-corrected chi connectivity index (χ3v) is 2.73. The van der Waals surface area contributed by atoms with Crippen molar-refractivity contribution in [1.82, 2.24) is 0 Å². The van der Waals surface area contributed by atoms with Crippen molar-refractivity contribution >= 4 is 11.9 Å². The molecule has 0 spiro atoms. The Balaban J connectivity index is 0.000000433. The first kappa shape index (κ1) is 19.9. The molecule has 0 heterocycles. The van der Waals surface area contributed by atoms with Gasteiger partial charge in [-0.2, -0.15) is 0 Å². The lowest BCUT2D eigenvalue weighted by Gasteiger charge is -2.11. The Bertz CT molecular complexity index is 456. The number of nitrogens with two attached hydrogens (primary N) is 1. The van der Waals surface area contributed by atoms with Crippen LogP contribution >= 0.6 is 0 Å². The number of hydrogen-bond acceptors (Lipinski definition) is 6. The first-order valence-electron chi connectivity index (χ1n) is 7.13. The number of methoxy groups -OCH3 is 1. The molecule has 0 fully saturated rings. The number of esters is 2. The number of rotatable bonds is 5. The van der Waals surface area contributed by atoms with E-state index in [1.165, 1.54) is 31.4 Å². The van der Waals surface area contributed by atoms with Crippen LogP contribution in [0.4, 0.5) is 0 Å². The van der Waals surface area contributed by atoms with Crippen molar-refractivity contribution in [2.75, 3.05) is 13.7 Å². The van der Waals surface area contributed by atoms with Gasteiger partial charge in [-0.05, 0) is 36.6 Å². The largest absolute Gasteiger partial charge is 0.508 e. The number of carbonyl (C=O) groups is 2. The number of benzene rings is 1. The number of carbonyl (C=O) groups excluding carboxylic acids is 2. The quantitative estimate of drug-likeness (QED) is 0.808. The summed E-state index contributed by atoms with van der Waals surface area (Å²) in [5, 5.41) is 8.96. The van der Waals surface area contributed by atoms with Gasteiger partial charge in [-0.15, -0.1) is 0 Å². The fraction of sp³-hybridized carbons (Fsp3) is 0.500. The predicted octanol–water partition coefficient (Wildman–Crippen LogP) is 2.10. The Morgan fingerprint density at radius 1 is 1.23 bits per heavy atom. The van der Waals surface area contributed by atoms with Crippen LogP contribution in [0.25, 0.3) is 0 Å². The third kappa shape index (κ3) is 7.64. The summed E-state index contributed by atoms with van der Waals surface area (Å²) in [6.07, 6.45) is 0.809. The van der Waals surface area contributed by atoms with Crippen molar-refractivity contribution in [3.8, 4) is 5.75 Å². The van der Waals surface area contributed by atoms with Gasteiger partial charge in [0.15, 0.2) is 0 Å². The van der Waals surface area contributed by atoms with Crippen LogP contribution in [0.5, 0.6) is 5.75 Å². The maximum absolute atomic E-state index is 11.2. The molecule has 0 saturated heterocycles. The molecule has 0 aliphatic carbocycles. The van der Waals surface area contributed by atoms with Crippen molar-refractivity contribution in [3.05, 3.63) is 29.8 Å². The number of phenols is 1. The maximum Gasteiger partial charge on any atom is 0.338 e. The van der Waals surface area contributed by atoms with Crippen LogP contribution in [0.15, 0.2) is 24.3 Å². The van der Waals surface area contributed by atoms with Gasteiger partial charge in [0.2, 0.25) is 0 Å². The molecule has 1 aromatic carbocycles. The molecule has 1 atom stereocenters. The summed E-state index contributed by atoms with van der Waals surface area (Å²) in [6.45, 7) is 6.12. The zero-order chi connectivity index (χ0) is 17.1. The number of aromatic hydroxyl groups is 1. The van der Waals surface area contributed by atoms with E-state index in [1.807, 2.05) is 20.8 Å². The lowest BCUT2D eigenvalue weighted by Crippen LogP contribution is -2.36. The van der Waals surface area contributed by atoms with Crippen LogP contribution in [0.1, 0.15) is 37.6 Å².